The van der Waals surface area contributed by atoms with Crippen molar-refractivity contribution in [3.63, 3.8) is 0 Å². The summed E-state index contributed by atoms with van der Waals surface area (Å²) in [6.45, 7) is 12.6. The lowest BCUT2D eigenvalue weighted by Crippen LogP contribution is -2.41. The van der Waals surface area contributed by atoms with Crippen molar-refractivity contribution >= 4 is 24.3 Å². The molecule has 51 heavy (non-hydrogen) atoms. The number of hydrogen-bond acceptors (Lipinski definition) is 4. The summed E-state index contributed by atoms with van der Waals surface area (Å²) >= 11 is 0. The van der Waals surface area contributed by atoms with Gasteiger partial charge < -0.3 is 9.47 Å². The van der Waals surface area contributed by atoms with Crippen LogP contribution in [0.1, 0.15) is 62.9 Å². The molecule has 6 heteroatoms. The lowest BCUT2D eigenvalue weighted by molar-refractivity contribution is 0.0898. The van der Waals surface area contributed by atoms with Crippen LogP contribution in [0.5, 0.6) is 0 Å². The van der Waals surface area contributed by atoms with E-state index < -0.39 is 0 Å². The molecule has 0 aliphatic heterocycles. The van der Waals surface area contributed by atoms with E-state index in [0.29, 0.717) is 31.9 Å². The lowest BCUT2D eigenvalue weighted by Gasteiger charge is -2.12. The van der Waals surface area contributed by atoms with E-state index in [2.05, 4.69) is 67.8 Å². The molecule has 0 N–H and O–H groups in total. The molecule has 0 saturated heterocycles. The van der Waals surface area contributed by atoms with E-state index >= 15 is 0 Å². The standard InChI is InChI=1S/C45H46N2O4/c1-4-36-12-20-41(21-13-36)32-47-44(48)35(3)30-46(45(47)49)31-40-22-16-38(17-23-40)10-6-7-11-39-18-26-43(27-19-39)34-51-29-9-8-28-50-33-42-24-14-37(5-2)15-25-42/h4-7,10-27,30H,1-2,8-9,28-29,31-34H2,3H3/b10-6+,11-7+. The van der Waals surface area contributed by atoms with Gasteiger partial charge in [-0.05, 0) is 64.3 Å². The van der Waals surface area contributed by atoms with E-state index in [0.717, 1.165) is 58.4 Å². The zero-order chi connectivity index (χ0) is 35.8. The molecule has 0 atom stereocenters. The molecule has 0 unspecified atom stereocenters. The highest BCUT2D eigenvalue weighted by molar-refractivity contribution is 5.57. The minimum absolute atomic E-state index is 0.220. The Morgan fingerprint density at radius 2 is 0.980 bits per heavy atom. The summed E-state index contributed by atoms with van der Waals surface area (Å²) in [4.78, 5) is 26.1. The zero-order valence-electron chi connectivity index (χ0n) is 29.4. The van der Waals surface area contributed by atoms with Crippen molar-refractivity contribution in [3.05, 3.63) is 199 Å². The predicted molar refractivity (Wildman–Crippen MR) is 210 cm³/mol. The molecular formula is C45H46N2O4. The van der Waals surface area contributed by atoms with Crippen LogP contribution in [0.2, 0.25) is 0 Å². The van der Waals surface area contributed by atoms with Crippen molar-refractivity contribution in [3.8, 4) is 0 Å². The average molecular weight is 679 g/mol. The van der Waals surface area contributed by atoms with Gasteiger partial charge in [0.05, 0.1) is 26.3 Å². The highest BCUT2D eigenvalue weighted by Gasteiger charge is 2.10. The smallest absolute Gasteiger partial charge is 0.331 e. The number of benzene rings is 4. The fourth-order valence-corrected chi connectivity index (χ4v) is 5.52. The Kier molecular flexibility index (Phi) is 13.7. The van der Waals surface area contributed by atoms with Crippen molar-refractivity contribution in [2.45, 2.75) is 46.1 Å². The highest BCUT2D eigenvalue weighted by Crippen LogP contribution is 2.12. The third-order valence-corrected chi connectivity index (χ3v) is 8.55. The summed E-state index contributed by atoms with van der Waals surface area (Å²) in [7, 11) is 0. The van der Waals surface area contributed by atoms with Crippen LogP contribution in [0.4, 0.5) is 0 Å². The monoisotopic (exact) mass is 678 g/mol. The maximum Gasteiger partial charge on any atom is 0.331 e. The van der Waals surface area contributed by atoms with Gasteiger partial charge in [-0.2, -0.15) is 0 Å². The molecule has 1 heterocycles. The fraction of sp³-hybridized carbons (Fsp3) is 0.200. The van der Waals surface area contributed by atoms with Crippen molar-refractivity contribution in [2.24, 2.45) is 0 Å². The van der Waals surface area contributed by atoms with Crippen molar-refractivity contribution in [1.29, 1.82) is 0 Å². The Balaban J connectivity index is 1.03. The Hall–Kier alpha value is -5.56. The molecule has 260 valence electrons. The Bertz CT molecular complexity index is 2050. The number of nitrogens with zero attached hydrogens (tertiary/aromatic N) is 2. The van der Waals surface area contributed by atoms with Gasteiger partial charge >= 0.3 is 5.69 Å². The number of rotatable bonds is 18. The summed E-state index contributed by atoms with van der Waals surface area (Å²) in [6, 6.07) is 32.4. The van der Waals surface area contributed by atoms with Gasteiger partial charge in [0, 0.05) is 25.0 Å². The molecule has 0 radical (unpaired) electrons. The van der Waals surface area contributed by atoms with Crippen LogP contribution in [-0.2, 0) is 35.8 Å². The Morgan fingerprint density at radius 1 is 0.569 bits per heavy atom. The molecule has 0 aliphatic rings. The van der Waals surface area contributed by atoms with Crippen molar-refractivity contribution in [2.75, 3.05) is 13.2 Å². The van der Waals surface area contributed by atoms with Crippen LogP contribution in [0.3, 0.4) is 0 Å². The second kappa shape index (κ2) is 19.0. The van der Waals surface area contributed by atoms with E-state index in [1.807, 2.05) is 72.8 Å². The minimum atomic E-state index is -0.326. The van der Waals surface area contributed by atoms with Crippen molar-refractivity contribution in [1.82, 2.24) is 9.13 Å². The molecular weight excluding hydrogens is 633 g/mol. The van der Waals surface area contributed by atoms with Crippen LogP contribution in [0.25, 0.3) is 24.3 Å². The van der Waals surface area contributed by atoms with Gasteiger partial charge in [-0.3, -0.25) is 13.9 Å². The molecule has 0 amide bonds. The number of aryl methyl sites for hydroxylation is 1. The highest BCUT2D eigenvalue weighted by atomic mass is 16.5. The lowest BCUT2D eigenvalue weighted by atomic mass is 10.1. The van der Waals surface area contributed by atoms with Gasteiger partial charge in [0.15, 0.2) is 0 Å². The molecule has 0 aliphatic carbocycles. The molecule has 5 aromatic rings. The van der Waals surface area contributed by atoms with Crippen LogP contribution < -0.4 is 11.2 Å². The van der Waals surface area contributed by atoms with Crippen LogP contribution in [-0.4, -0.2) is 22.3 Å². The first kappa shape index (κ1) is 36.7. The molecule has 5 rings (SSSR count). The maximum absolute atomic E-state index is 13.3. The fourth-order valence-electron chi connectivity index (χ4n) is 5.52. The molecule has 1 aromatic heterocycles. The first-order chi connectivity index (χ1) is 24.9. The van der Waals surface area contributed by atoms with E-state index in [4.69, 9.17) is 9.47 Å². The summed E-state index contributed by atoms with van der Waals surface area (Å²) in [5, 5.41) is 0. The van der Waals surface area contributed by atoms with Gasteiger partial charge in [-0.1, -0.05) is 147 Å². The van der Waals surface area contributed by atoms with E-state index in [9.17, 15) is 9.59 Å². The molecule has 6 nitrogen and oxygen atoms in total. The topological polar surface area (TPSA) is 62.5 Å². The predicted octanol–water partition coefficient (Wildman–Crippen LogP) is 8.94. The van der Waals surface area contributed by atoms with E-state index in [1.165, 1.54) is 10.1 Å². The minimum Gasteiger partial charge on any atom is -0.377 e. The van der Waals surface area contributed by atoms with Crippen LogP contribution in [0, 0.1) is 6.92 Å². The third kappa shape index (κ3) is 11.2. The second-order valence-electron chi connectivity index (χ2n) is 12.5. The number of aromatic nitrogens is 2. The number of ether oxygens (including phenoxy) is 2. The average Bonchev–Trinajstić information content (AvgIpc) is 3.16. The molecule has 0 bridgehead atoms. The Labute approximate surface area is 301 Å². The summed E-state index contributed by atoms with van der Waals surface area (Å²) < 4.78 is 14.5. The summed E-state index contributed by atoms with van der Waals surface area (Å²) in [6.07, 6.45) is 15.3. The van der Waals surface area contributed by atoms with Crippen LogP contribution in [0.15, 0.2) is 138 Å². The molecule has 4 aromatic carbocycles. The number of unbranched alkanes of at least 4 members (excludes halogenated alkanes) is 1. The van der Waals surface area contributed by atoms with Gasteiger partial charge in [0.1, 0.15) is 0 Å². The van der Waals surface area contributed by atoms with Gasteiger partial charge in [-0.15, -0.1) is 0 Å². The van der Waals surface area contributed by atoms with Gasteiger partial charge in [0.2, 0.25) is 0 Å². The quantitative estimate of drug-likeness (QED) is 0.0686. The zero-order valence-corrected chi connectivity index (χ0v) is 29.4. The molecule has 0 fully saturated rings. The first-order valence-electron chi connectivity index (χ1n) is 17.3. The first-order valence-corrected chi connectivity index (χ1v) is 17.3. The van der Waals surface area contributed by atoms with Crippen LogP contribution >= 0.6 is 0 Å². The second-order valence-corrected chi connectivity index (χ2v) is 12.5. The third-order valence-electron chi connectivity index (χ3n) is 8.55. The SMILES string of the molecule is C=Cc1ccc(COCCCCOCc2ccc(/C=C/C=C/c3ccc(Cn4cc(C)c(=O)n(Cc5ccc(C=C)cc5)c4=O)cc3)cc2)cc1. The summed E-state index contributed by atoms with van der Waals surface area (Å²) in [5.41, 5.74) is 8.39. The molecule has 0 saturated carbocycles. The summed E-state index contributed by atoms with van der Waals surface area (Å²) in [5.74, 6) is 0. The number of allylic oxidation sites excluding steroid dienone is 2. The van der Waals surface area contributed by atoms with E-state index in [1.54, 1.807) is 23.8 Å². The van der Waals surface area contributed by atoms with Crippen molar-refractivity contribution < 1.29 is 9.47 Å². The maximum atomic E-state index is 13.3. The van der Waals surface area contributed by atoms with E-state index in [-0.39, 0.29) is 17.8 Å². The normalized spacial score (nSPS) is 11.4. The van der Waals surface area contributed by atoms with Gasteiger partial charge in [-0.25, -0.2) is 4.79 Å². The molecule has 0 spiro atoms. The van der Waals surface area contributed by atoms with Gasteiger partial charge in [0.25, 0.3) is 5.56 Å². The Morgan fingerprint density at radius 3 is 1.43 bits per heavy atom. The largest absolute Gasteiger partial charge is 0.377 e. The number of hydrogen-bond donors (Lipinski definition) is 0.